The van der Waals surface area contributed by atoms with Crippen molar-refractivity contribution in [3.63, 3.8) is 0 Å². The zero-order valence-corrected chi connectivity index (χ0v) is 17.6. The van der Waals surface area contributed by atoms with Crippen molar-refractivity contribution >= 4 is 17.6 Å². The number of aromatic nitrogens is 5. The Balaban J connectivity index is 2.02. The minimum Gasteiger partial charge on any atom is -0.348 e. The van der Waals surface area contributed by atoms with E-state index < -0.39 is 11.5 Å². The van der Waals surface area contributed by atoms with E-state index in [0.717, 1.165) is 12.6 Å². The van der Waals surface area contributed by atoms with E-state index in [4.69, 9.17) is 5.26 Å². The molecule has 3 aromatic rings. The molecule has 3 rings (SSSR count). The predicted octanol–water partition coefficient (Wildman–Crippen LogP) is 4.60. The van der Waals surface area contributed by atoms with Crippen LogP contribution in [0.2, 0.25) is 0 Å². The molecule has 10 heteroatoms. The first-order valence-corrected chi connectivity index (χ1v) is 9.52. The lowest BCUT2D eigenvalue weighted by molar-refractivity contribution is 0.0128. The second-order valence-corrected chi connectivity index (χ2v) is 7.76. The number of halogens is 2. The summed E-state index contributed by atoms with van der Waals surface area (Å²) < 4.78 is 27.3. The van der Waals surface area contributed by atoms with Gasteiger partial charge in [-0.15, -0.1) is 0 Å². The normalized spacial score (nSPS) is 11.6. The topological polar surface area (TPSA) is 112 Å². The lowest BCUT2D eigenvalue weighted by Gasteiger charge is -2.23. The number of rotatable bonds is 7. The second kappa shape index (κ2) is 8.55. The van der Waals surface area contributed by atoms with Crippen molar-refractivity contribution in [3.05, 3.63) is 47.9 Å². The van der Waals surface area contributed by atoms with Crippen LogP contribution in [-0.4, -0.2) is 30.5 Å². The number of nitrogens with one attached hydrogen (secondary N) is 2. The number of nitriles is 1. The van der Waals surface area contributed by atoms with Gasteiger partial charge in [0.15, 0.2) is 5.82 Å². The van der Waals surface area contributed by atoms with Crippen molar-refractivity contribution in [3.8, 4) is 17.6 Å². The average Bonchev–Trinajstić information content (AvgIpc) is 2.67. The van der Waals surface area contributed by atoms with E-state index in [1.807, 2.05) is 32.9 Å². The van der Waals surface area contributed by atoms with Crippen LogP contribution in [0.3, 0.4) is 0 Å². The highest BCUT2D eigenvalue weighted by molar-refractivity contribution is 5.59. The molecule has 0 spiro atoms. The molecule has 160 valence electrons. The Morgan fingerprint density at radius 1 is 1.03 bits per heavy atom. The largest absolute Gasteiger partial charge is 0.348 e. The number of alkyl halides is 2. The van der Waals surface area contributed by atoms with E-state index in [-0.39, 0.29) is 24.0 Å². The second-order valence-electron chi connectivity index (χ2n) is 7.76. The molecule has 0 atom stereocenters. The summed E-state index contributed by atoms with van der Waals surface area (Å²) in [4.78, 5) is 21.3. The van der Waals surface area contributed by atoms with Crippen molar-refractivity contribution in [1.29, 1.82) is 5.26 Å². The van der Waals surface area contributed by atoms with Gasteiger partial charge in [-0.3, -0.25) is 4.98 Å². The van der Waals surface area contributed by atoms with Crippen molar-refractivity contribution in [1.82, 2.24) is 24.9 Å². The Morgan fingerprint density at radius 2 is 1.77 bits per heavy atom. The summed E-state index contributed by atoms with van der Waals surface area (Å²) in [5.74, 6) is -2.42. The van der Waals surface area contributed by atoms with Crippen LogP contribution in [0.4, 0.5) is 26.4 Å². The third kappa shape index (κ3) is 5.88. The SMILES string of the molecule is Cc1cccc(-c2nc(Nc3ccnc(C(C)(F)F)c3)nc(NC(C)(C)CC#N)n2)n1. The Kier molecular flexibility index (Phi) is 6.06. The molecule has 0 saturated carbocycles. The average molecular weight is 424 g/mol. The first-order chi connectivity index (χ1) is 14.6. The third-order valence-electron chi connectivity index (χ3n) is 4.19. The molecule has 2 N–H and O–H groups in total. The fourth-order valence-electron chi connectivity index (χ4n) is 2.69. The highest BCUT2D eigenvalue weighted by Crippen LogP contribution is 2.28. The van der Waals surface area contributed by atoms with Gasteiger partial charge in [-0.25, -0.2) is 4.98 Å². The summed E-state index contributed by atoms with van der Waals surface area (Å²) in [6.45, 7) is 6.32. The van der Waals surface area contributed by atoms with Crippen LogP contribution in [0.1, 0.15) is 38.6 Å². The van der Waals surface area contributed by atoms with Gasteiger partial charge >= 0.3 is 0 Å². The Labute approximate surface area is 178 Å². The minimum absolute atomic E-state index is 0.139. The van der Waals surface area contributed by atoms with E-state index in [1.165, 1.54) is 18.3 Å². The molecule has 0 aliphatic rings. The van der Waals surface area contributed by atoms with Gasteiger partial charge in [-0.2, -0.15) is 29.0 Å². The highest BCUT2D eigenvalue weighted by Gasteiger charge is 2.26. The number of hydrogen-bond acceptors (Lipinski definition) is 8. The smallest absolute Gasteiger partial charge is 0.287 e. The summed E-state index contributed by atoms with van der Waals surface area (Å²) in [6, 6.07) is 10.3. The van der Waals surface area contributed by atoms with Gasteiger partial charge < -0.3 is 10.6 Å². The number of aryl methyl sites for hydroxylation is 1. The first kappa shape index (κ1) is 22.0. The van der Waals surface area contributed by atoms with Gasteiger partial charge in [-0.05, 0) is 45.0 Å². The van der Waals surface area contributed by atoms with E-state index >= 15 is 0 Å². The maximum absolute atomic E-state index is 13.6. The molecule has 8 nitrogen and oxygen atoms in total. The van der Waals surface area contributed by atoms with E-state index in [2.05, 4.69) is 41.6 Å². The fourth-order valence-corrected chi connectivity index (χ4v) is 2.69. The van der Waals surface area contributed by atoms with Crippen LogP contribution in [0.25, 0.3) is 11.5 Å². The molecule has 0 radical (unpaired) electrons. The summed E-state index contributed by atoms with van der Waals surface area (Å²) in [5.41, 5.74) is 0.695. The maximum Gasteiger partial charge on any atom is 0.287 e. The van der Waals surface area contributed by atoms with Gasteiger partial charge in [0, 0.05) is 30.0 Å². The van der Waals surface area contributed by atoms with Crippen LogP contribution in [0, 0.1) is 18.3 Å². The van der Waals surface area contributed by atoms with Gasteiger partial charge in [0.2, 0.25) is 11.9 Å². The molecule has 0 aliphatic carbocycles. The highest BCUT2D eigenvalue weighted by atomic mass is 19.3. The van der Waals surface area contributed by atoms with Crippen LogP contribution in [0.15, 0.2) is 36.5 Å². The molecule has 3 heterocycles. The molecule has 0 saturated heterocycles. The Hall–Kier alpha value is -3.74. The number of pyridine rings is 2. The lowest BCUT2D eigenvalue weighted by Crippen LogP contribution is -2.31. The predicted molar refractivity (Wildman–Crippen MR) is 113 cm³/mol. The standard InChI is InChI=1S/C21H22F2N8/c1-13-6-5-7-15(26-13)17-28-18(30-19(29-17)31-20(2,3)9-10-24)27-14-8-11-25-16(12-14)21(4,22)23/h5-8,11-12H,9H2,1-4H3,(H2,25,27,28,29,30,31). The van der Waals surface area contributed by atoms with Crippen LogP contribution in [0.5, 0.6) is 0 Å². The van der Waals surface area contributed by atoms with Crippen molar-refractivity contribution in [2.45, 2.75) is 45.6 Å². The van der Waals surface area contributed by atoms with Crippen LogP contribution < -0.4 is 10.6 Å². The lowest BCUT2D eigenvalue weighted by atomic mass is 10.0. The summed E-state index contributed by atoms with van der Waals surface area (Å²) >= 11 is 0. The molecule has 31 heavy (non-hydrogen) atoms. The Bertz CT molecular complexity index is 1120. The fraction of sp³-hybridized carbons (Fsp3) is 0.333. The zero-order chi connectivity index (χ0) is 22.6. The first-order valence-electron chi connectivity index (χ1n) is 9.52. The minimum atomic E-state index is -3.08. The molecule has 0 unspecified atom stereocenters. The van der Waals surface area contributed by atoms with Gasteiger partial charge in [0.1, 0.15) is 11.4 Å². The van der Waals surface area contributed by atoms with E-state index in [0.29, 0.717) is 17.2 Å². The zero-order valence-electron chi connectivity index (χ0n) is 17.6. The van der Waals surface area contributed by atoms with Gasteiger partial charge in [0.25, 0.3) is 5.92 Å². The summed E-state index contributed by atoms with van der Waals surface area (Å²) in [6.07, 6.45) is 1.51. The van der Waals surface area contributed by atoms with E-state index in [9.17, 15) is 8.78 Å². The number of anilines is 3. The molecule has 0 bridgehead atoms. The van der Waals surface area contributed by atoms with E-state index in [1.54, 1.807) is 6.07 Å². The summed E-state index contributed by atoms with van der Waals surface area (Å²) in [7, 11) is 0. The number of nitrogens with zero attached hydrogens (tertiary/aromatic N) is 6. The van der Waals surface area contributed by atoms with Gasteiger partial charge in [0.05, 0.1) is 12.5 Å². The molecule has 0 fully saturated rings. The van der Waals surface area contributed by atoms with Crippen LogP contribution >= 0.6 is 0 Å². The van der Waals surface area contributed by atoms with Crippen molar-refractivity contribution in [2.75, 3.05) is 10.6 Å². The molecular formula is C21H22F2N8. The maximum atomic E-state index is 13.6. The monoisotopic (exact) mass is 424 g/mol. The van der Waals surface area contributed by atoms with Crippen molar-refractivity contribution in [2.24, 2.45) is 0 Å². The Morgan fingerprint density at radius 3 is 2.45 bits per heavy atom. The molecule has 0 aliphatic heterocycles. The molecule has 0 amide bonds. The molecular weight excluding hydrogens is 402 g/mol. The molecule has 3 aromatic heterocycles. The summed E-state index contributed by atoms with van der Waals surface area (Å²) in [5, 5.41) is 15.1. The van der Waals surface area contributed by atoms with Crippen molar-refractivity contribution < 1.29 is 8.78 Å². The molecule has 0 aromatic carbocycles. The third-order valence-corrected chi connectivity index (χ3v) is 4.19. The van der Waals surface area contributed by atoms with Gasteiger partial charge in [-0.1, -0.05) is 6.07 Å². The quantitative estimate of drug-likeness (QED) is 0.566. The number of hydrogen-bond donors (Lipinski definition) is 2. The van der Waals surface area contributed by atoms with Crippen LogP contribution in [-0.2, 0) is 5.92 Å².